The average molecular weight is 514 g/mol. The predicted octanol–water partition coefficient (Wildman–Crippen LogP) is 2.72. The van der Waals surface area contributed by atoms with Crippen LogP contribution in [0.3, 0.4) is 0 Å². The van der Waals surface area contributed by atoms with E-state index in [9.17, 15) is 14.0 Å². The molecule has 0 bridgehead atoms. The molecular weight excluding hydrogens is 481 g/mol. The number of hydrogen-bond donors (Lipinski definition) is 0. The highest BCUT2D eigenvalue weighted by Crippen LogP contribution is 2.24. The third-order valence-corrected chi connectivity index (χ3v) is 5.96. The van der Waals surface area contributed by atoms with Gasteiger partial charge in [0.15, 0.2) is 0 Å². The maximum Gasteiger partial charge on any atom is 0.410 e. The second kappa shape index (κ2) is 10.7. The summed E-state index contributed by atoms with van der Waals surface area (Å²) >= 11 is 0. The van der Waals surface area contributed by atoms with Gasteiger partial charge < -0.3 is 19.3 Å². The molecule has 3 aromatic rings. The average Bonchev–Trinajstić information content (AvgIpc) is 3.21. The van der Waals surface area contributed by atoms with Crippen molar-refractivity contribution in [3.8, 4) is 16.8 Å². The first-order valence-electron chi connectivity index (χ1n) is 12.1. The zero-order chi connectivity index (χ0) is 26.7. The fourth-order valence-electron chi connectivity index (χ4n) is 4.08. The Morgan fingerprint density at radius 1 is 1.16 bits per heavy atom. The number of rotatable bonds is 6. The van der Waals surface area contributed by atoms with Gasteiger partial charge in [-0.3, -0.25) is 0 Å². The van der Waals surface area contributed by atoms with Crippen LogP contribution in [0.2, 0.25) is 0 Å². The lowest BCUT2D eigenvalue weighted by Crippen LogP contribution is -2.55. The van der Waals surface area contributed by atoms with Crippen molar-refractivity contribution in [1.82, 2.24) is 29.2 Å². The fraction of sp³-hybridized carbons (Fsp3) is 0.480. The van der Waals surface area contributed by atoms with E-state index in [0.717, 1.165) is 4.57 Å². The highest BCUT2D eigenvalue weighted by atomic mass is 19.1. The summed E-state index contributed by atoms with van der Waals surface area (Å²) < 4.78 is 27.8. The number of carbonyl (C=O) groups is 1. The van der Waals surface area contributed by atoms with Crippen molar-refractivity contribution in [2.24, 2.45) is 0 Å². The van der Waals surface area contributed by atoms with Gasteiger partial charge in [-0.1, -0.05) is 6.07 Å². The first kappa shape index (κ1) is 26.3. The Morgan fingerprint density at radius 2 is 1.89 bits per heavy atom. The third-order valence-electron chi connectivity index (χ3n) is 5.96. The molecule has 198 valence electrons. The summed E-state index contributed by atoms with van der Waals surface area (Å²) in [4.78, 5) is 37.6. The van der Waals surface area contributed by atoms with Crippen LogP contribution in [0.4, 0.5) is 15.1 Å². The Balaban J connectivity index is 1.45. The summed E-state index contributed by atoms with van der Waals surface area (Å²) in [5.41, 5.74) is 0.326. The van der Waals surface area contributed by atoms with Crippen molar-refractivity contribution in [2.75, 3.05) is 38.3 Å². The van der Waals surface area contributed by atoms with Gasteiger partial charge >= 0.3 is 11.8 Å². The minimum Gasteiger partial charge on any atom is -0.444 e. The van der Waals surface area contributed by atoms with E-state index in [1.54, 1.807) is 23.4 Å². The summed E-state index contributed by atoms with van der Waals surface area (Å²) in [6.45, 7) is 9.70. The van der Waals surface area contributed by atoms with E-state index < -0.39 is 17.1 Å². The fourth-order valence-corrected chi connectivity index (χ4v) is 4.08. The molecule has 1 aliphatic rings. The van der Waals surface area contributed by atoms with Gasteiger partial charge in [0, 0.05) is 50.7 Å². The molecule has 3 heterocycles. The molecule has 12 heteroatoms. The molecule has 0 N–H and O–H groups in total. The van der Waals surface area contributed by atoms with Crippen LogP contribution in [-0.4, -0.2) is 80.3 Å². The van der Waals surface area contributed by atoms with Gasteiger partial charge in [0.25, 0.3) is 0 Å². The molecule has 0 saturated carbocycles. The number of benzene rings is 1. The summed E-state index contributed by atoms with van der Waals surface area (Å²) in [5.74, 6) is -0.0333. The summed E-state index contributed by atoms with van der Waals surface area (Å²) in [7, 11) is 1.53. The van der Waals surface area contributed by atoms with Crippen LogP contribution in [0.15, 0.2) is 41.7 Å². The number of carbonyl (C=O) groups excluding carboxylic acids is 1. The Hall–Kier alpha value is -3.80. The monoisotopic (exact) mass is 513 g/mol. The van der Waals surface area contributed by atoms with Gasteiger partial charge in [0.05, 0.1) is 18.8 Å². The van der Waals surface area contributed by atoms with Crippen molar-refractivity contribution in [2.45, 2.75) is 45.9 Å². The second-order valence-corrected chi connectivity index (χ2v) is 9.91. The second-order valence-electron chi connectivity index (χ2n) is 9.91. The molecule has 0 radical (unpaired) electrons. The van der Waals surface area contributed by atoms with Gasteiger partial charge in [-0.2, -0.15) is 5.10 Å². The first-order valence-corrected chi connectivity index (χ1v) is 12.1. The standard InChI is InChI=1S/C25H32FN7O4/c1-17-15-30(24(35)37-25(2,3)4)8-9-31(17)22-27-13-19(14-28-22)18-6-7-21(20(26)12-18)32-16-29-33(23(32)34)10-11-36-5/h6-7,12-14,16-17H,8-11,15H2,1-5H3/t17-/m0/s1. The number of piperazine rings is 1. The van der Waals surface area contributed by atoms with Crippen molar-refractivity contribution in [3.05, 3.63) is 53.2 Å². The smallest absolute Gasteiger partial charge is 0.410 e. The minimum absolute atomic E-state index is 0.00744. The van der Waals surface area contributed by atoms with Crippen LogP contribution in [0.1, 0.15) is 27.7 Å². The van der Waals surface area contributed by atoms with Gasteiger partial charge in [0.1, 0.15) is 17.7 Å². The number of nitrogens with zero attached hydrogens (tertiary/aromatic N) is 7. The zero-order valence-corrected chi connectivity index (χ0v) is 21.7. The van der Waals surface area contributed by atoms with Gasteiger partial charge in [-0.05, 0) is 45.4 Å². The van der Waals surface area contributed by atoms with E-state index in [-0.39, 0.29) is 24.4 Å². The quantitative estimate of drug-likeness (QED) is 0.495. The maximum atomic E-state index is 15.0. The van der Waals surface area contributed by atoms with Crippen LogP contribution >= 0.6 is 0 Å². The molecule has 11 nitrogen and oxygen atoms in total. The lowest BCUT2D eigenvalue weighted by atomic mass is 10.1. The van der Waals surface area contributed by atoms with Gasteiger partial charge in [0.2, 0.25) is 5.95 Å². The van der Waals surface area contributed by atoms with Crippen molar-refractivity contribution >= 4 is 12.0 Å². The van der Waals surface area contributed by atoms with Crippen LogP contribution in [0, 0.1) is 5.82 Å². The molecule has 1 fully saturated rings. The van der Waals surface area contributed by atoms with E-state index >= 15 is 0 Å². The Bertz CT molecular complexity index is 1300. The summed E-state index contributed by atoms with van der Waals surface area (Å²) in [6.07, 6.45) is 4.24. The largest absolute Gasteiger partial charge is 0.444 e. The van der Waals surface area contributed by atoms with Gasteiger partial charge in [-0.15, -0.1) is 0 Å². The first-order chi connectivity index (χ1) is 17.6. The van der Waals surface area contributed by atoms with Gasteiger partial charge in [-0.25, -0.2) is 33.2 Å². The molecule has 0 aliphatic carbocycles. The van der Waals surface area contributed by atoms with E-state index in [2.05, 4.69) is 15.1 Å². The Labute approximate surface area is 214 Å². The maximum absolute atomic E-state index is 15.0. The van der Waals surface area contributed by atoms with E-state index in [0.29, 0.717) is 43.3 Å². The van der Waals surface area contributed by atoms with Crippen LogP contribution in [0.25, 0.3) is 16.8 Å². The number of hydrogen-bond acceptors (Lipinski definition) is 8. The van der Waals surface area contributed by atoms with E-state index in [1.807, 2.05) is 32.6 Å². The van der Waals surface area contributed by atoms with Crippen molar-refractivity contribution < 1.29 is 18.7 Å². The molecule has 1 amide bonds. The lowest BCUT2D eigenvalue weighted by Gasteiger charge is -2.40. The van der Waals surface area contributed by atoms with Crippen LogP contribution in [0.5, 0.6) is 0 Å². The zero-order valence-electron chi connectivity index (χ0n) is 21.7. The number of anilines is 1. The Kier molecular flexibility index (Phi) is 7.58. The minimum atomic E-state index is -0.568. The summed E-state index contributed by atoms with van der Waals surface area (Å²) in [5, 5.41) is 4.01. The number of ether oxygens (including phenoxy) is 2. The molecule has 0 unspecified atom stereocenters. The van der Waals surface area contributed by atoms with Crippen molar-refractivity contribution in [3.63, 3.8) is 0 Å². The third kappa shape index (κ3) is 5.96. The number of aromatic nitrogens is 5. The molecule has 4 rings (SSSR count). The summed E-state index contributed by atoms with van der Waals surface area (Å²) in [6, 6.07) is 4.57. The Morgan fingerprint density at radius 3 is 2.51 bits per heavy atom. The van der Waals surface area contributed by atoms with Crippen LogP contribution < -0.4 is 10.6 Å². The normalized spacial score (nSPS) is 16.2. The van der Waals surface area contributed by atoms with E-state index in [1.165, 1.54) is 30.3 Å². The molecule has 1 atom stereocenters. The molecule has 0 spiro atoms. The highest BCUT2D eigenvalue weighted by Gasteiger charge is 2.31. The highest BCUT2D eigenvalue weighted by molar-refractivity contribution is 5.69. The number of halogens is 1. The molecule has 1 saturated heterocycles. The molecule has 1 aliphatic heterocycles. The topological polar surface area (TPSA) is 108 Å². The lowest BCUT2D eigenvalue weighted by molar-refractivity contribution is 0.0218. The number of amides is 1. The molecule has 1 aromatic carbocycles. The number of methoxy groups -OCH3 is 1. The molecule has 2 aromatic heterocycles. The van der Waals surface area contributed by atoms with Crippen molar-refractivity contribution in [1.29, 1.82) is 0 Å². The SMILES string of the molecule is COCCn1ncn(-c2ccc(-c3cnc(N4CCN(C(=O)OC(C)(C)C)C[C@@H]4C)nc3)cc2F)c1=O. The van der Waals surface area contributed by atoms with Crippen LogP contribution in [-0.2, 0) is 16.0 Å². The van der Waals surface area contributed by atoms with E-state index in [4.69, 9.17) is 9.47 Å². The molecule has 37 heavy (non-hydrogen) atoms. The molecular formula is C25H32FN7O4. The predicted molar refractivity (Wildman–Crippen MR) is 135 cm³/mol.